The maximum Gasteiger partial charge on any atom is 0.245 e. The van der Waals surface area contributed by atoms with Gasteiger partial charge in [-0.25, -0.2) is 0 Å². The van der Waals surface area contributed by atoms with Crippen LogP contribution >= 0.6 is 0 Å². The zero-order chi connectivity index (χ0) is 16.7. The van der Waals surface area contributed by atoms with Crippen LogP contribution in [-0.4, -0.2) is 49.1 Å². The first-order valence-electron chi connectivity index (χ1n) is 8.19. The number of carbonyl (C=O) groups excluding carboxylic acids is 2. The molecule has 1 aliphatic heterocycles. The number of nitrogens with one attached hydrogen (secondary N) is 1. The van der Waals surface area contributed by atoms with Gasteiger partial charge in [0.15, 0.2) is 0 Å². The molecule has 23 heavy (non-hydrogen) atoms. The minimum absolute atomic E-state index is 0.0717. The van der Waals surface area contributed by atoms with Crippen molar-refractivity contribution in [1.29, 1.82) is 0 Å². The lowest BCUT2D eigenvalue weighted by atomic mass is 9.97. The average molecular weight is 318 g/mol. The highest BCUT2D eigenvalue weighted by atomic mass is 16.5. The van der Waals surface area contributed by atoms with E-state index in [4.69, 9.17) is 4.74 Å². The maximum atomic E-state index is 12.5. The summed E-state index contributed by atoms with van der Waals surface area (Å²) in [5.41, 5.74) is 0.520. The van der Waals surface area contributed by atoms with E-state index in [2.05, 4.69) is 17.4 Å². The van der Waals surface area contributed by atoms with Gasteiger partial charge in [-0.05, 0) is 31.7 Å². The van der Waals surface area contributed by atoms with Crippen LogP contribution in [-0.2, 0) is 20.7 Å². The van der Waals surface area contributed by atoms with Crippen LogP contribution in [0.25, 0.3) is 0 Å². The van der Waals surface area contributed by atoms with E-state index in [0.29, 0.717) is 32.5 Å². The Morgan fingerprint density at radius 3 is 2.78 bits per heavy atom. The van der Waals surface area contributed by atoms with E-state index in [0.717, 1.165) is 12.8 Å². The summed E-state index contributed by atoms with van der Waals surface area (Å²) in [5, 5.41) is 2.87. The normalized spacial score (nSPS) is 20.8. The van der Waals surface area contributed by atoms with Crippen LogP contribution in [0.3, 0.4) is 0 Å². The van der Waals surface area contributed by atoms with Crippen molar-refractivity contribution in [2.24, 2.45) is 0 Å². The van der Waals surface area contributed by atoms with Gasteiger partial charge in [-0.3, -0.25) is 9.59 Å². The second-order valence-electron chi connectivity index (χ2n) is 6.16. The van der Waals surface area contributed by atoms with Gasteiger partial charge in [-0.15, -0.1) is 0 Å². The number of hydrogen-bond acceptors (Lipinski definition) is 3. The molecule has 0 bridgehead atoms. The molecule has 1 aromatic carbocycles. The molecule has 2 amide bonds. The van der Waals surface area contributed by atoms with E-state index in [-0.39, 0.29) is 11.8 Å². The first kappa shape index (κ1) is 17.5. The van der Waals surface area contributed by atoms with Crippen LogP contribution in [0.15, 0.2) is 30.3 Å². The molecule has 2 rings (SSSR count). The summed E-state index contributed by atoms with van der Waals surface area (Å²) in [5.74, 6) is -0.0115. The Bertz CT molecular complexity index is 532. The zero-order valence-electron chi connectivity index (χ0n) is 14.0. The molecule has 126 valence electrons. The highest BCUT2D eigenvalue weighted by molar-refractivity contribution is 5.94. The summed E-state index contributed by atoms with van der Waals surface area (Å²) >= 11 is 0. The lowest BCUT2D eigenvalue weighted by Crippen LogP contribution is -2.55. The standard InChI is InChI=1S/C18H26N2O3/c1-18(17(22)19-12-14-23-2)11-10-16(21)20(18)13-6-9-15-7-4-3-5-8-15/h3-5,7-8H,6,9-14H2,1-2H3,(H,19,22)/t18-/m0/s1. The molecule has 0 spiro atoms. The van der Waals surface area contributed by atoms with Gasteiger partial charge in [0.05, 0.1) is 6.61 Å². The molecular formula is C18H26N2O3. The third-order valence-corrected chi connectivity index (χ3v) is 4.49. The number of rotatable bonds is 8. The Kier molecular flexibility index (Phi) is 6.16. The maximum absolute atomic E-state index is 12.5. The SMILES string of the molecule is COCCNC(=O)[C@]1(C)CCC(=O)N1CCCc1ccccc1. The number of amides is 2. The number of ether oxygens (including phenoxy) is 1. The number of nitrogens with zero attached hydrogens (tertiary/aromatic N) is 1. The van der Waals surface area contributed by atoms with Crippen molar-refractivity contribution in [2.75, 3.05) is 26.8 Å². The molecule has 1 heterocycles. The Morgan fingerprint density at radius 2 is 2.09 bits per heavy atom. The van der Waals surface area contributed by atoms with Gasteiger partial charge in [0.1, 0.15) is 5.54 Å². The van der Waals surface area contributed by atoms with E-state index < -0.39 is 5.54 Å². The molecule has 5 nitrogen and oxygen atoms in total. The predicted octanol–water partition coefficient (Wildman–Crippen LogP) is 1.76. The van der Waals surface area contributed by atoms with Gasteiger partial charge < -0.3 is 15.0 Å². The number of carbonyl (C=O) groups is 2. The van der Waals surface area contributed by atoms with Crippen LogP contribution in [0.5, 0.6) is 0 Å². The topological polar surface area (TPSA) is 58.6 Å². The fourth-order valence-electron chi connectivity index (χ4n) is 3.05. The molecule has 0 aliphatic carbocycles. The second-order valence-corrected chi connectivity index (χ2v) is 6.16. The van der Waals surface area contributed by atoms with Crippen molar-refractivity contribution in [1.82, 2.24) is 10.2 Å². The van der Waals surface area contributed by atoms with Crippen molar-refractivity contribution in [2.45, 2.75) is 38.1 Å². The van der Waals surface area contributed by atoms with E-state index in [9.17, 15) is 9.59 Å². The summed E-state index contributed by atoms with van der Waals surface area (Å²) in [4.78, 5) is 26.4. The molecular weight excluding hydrogens is 292 g/mol. The number of methoxy groups -OCH3 is 1. The molecule has 0 unspecified atom stereocenters. The minimum atomic E-state index is -0.735. The molecule has 0 saturated carbocycles. The smallest absolute Gasteiger partial charge is 0.245 e. The van der Waals surface area contributed by atoms with Crippen LogP contribution in [0, 0.1) is 0 Å². The van der Waals surface area contributed by atoms with Crippen LogP contribution in [0.1, 0.15) is 31.7 Å². The fraction of sp³-hybridized carbons (Fsp3) is 0.556. The van der Waals surface area contributed by atoms with E-state index in [1.807, 2.05) is 25.1 Å². The highest BCUT2D eigenvalue weighted by Crippen LogP contribution is 2.30. The van der Waals surface area contributed by atoms with E-state index in [1.165, 1.54) is 5.56 Å². The highest BCUT2D eigenvalue weighted by Gasteiger charge is 2.46. The van der Waals surface area contributed by atoms with Gasteiger partial charge >= 0.3 is 0 Å². The van der Waals surface area contributed by atoms with Crippen LogP contribution in [0.4, 0.5) is 0 Å². The van der Waals surface area contributed by atoms with Gasteiger partial charge in [0.25, 0.3) is 0 Å². The van der Waals surface area contributed by atoms with Crippen molar-refractivity contribution < 1.29 is 14.3 Å². The first-order valence-corrected chi connectivity index (χ1v) is 8.19. The Hall–Kier alpha value is -1.88. The predicted molar refractivity (Wildman–Crippen MR) is 89.0 cm³/mol. The monoisotopic (exact) mass is 318 g/mol. The summed E-state index contributed by atoms with van der Waals surface area (Å²) in [6.45, 7) is 3.42. The van der Waals surface area contributed by atoms with Crippen molar-refractivity contribution >= 4 is 11.8 Å². The average Bonchev–Trinajstić information content (AvgIpc) is 2.85. The molecule has 5 heteroatoms. The van der Waals surface area contributed by atoms with Crippen molar-refractivity contribution in [3.8, 4) is 0 Å². The largest absolute Gasteiger partial charge is 0.383 e. The third-order valence-electron chi connectivity index (χ3n) is 4.49. The summed E-state index contributed by atoms with van der Waals surface area (Å²) in [6, 6.07) is 10.2. The molecule has 0 radical (unpaired) electrons. The number of hydrogen-bond donors (Lipinski definition) is 1. The summed E-state index contributed by atoms with van der Waals surface area (Å²) < 4.78 is 4.95. The lowest BCUT2D eigenvalue weighted by molar-refractivity contribution is -0.140. The molecule has 1 aliphatic rings. The molecule has 1 atom stereocenters. The quantitative estimate of drug-likeness (QED) is 0.743. The number of benzene rings is 1. The summed E-state index contributed by atoms with van der Waals surface area (Å²) in [7, 11) is 1.60. The Balaban J connectivity index is 1.91. The molecule has 1 aromatic rings. The third kappa shape index (κ3) is 4.32. The molecule has 1 N–H and O–H groups in total. The molecule has 1 saturated heterocycles. The number of aryl methyl sites for hydroxylation is 1. The van der Waals surface area contributed by atoms with Crippen LogP contribution in [0.2, 0.25) is 0 Å². The van der Waals surface area contributed by atoms with Gasteiger partial charge in [-0.1, -0.05) is 30.3 Å². The molecule has 0 aromatic heterocycles. The number of likely N-dealkylation sites (tertiary alicyclic amines) is 1. The Morgan fingerprint density at radius 1 is 1.35 bits per heavy atom. The van der Waals surface area contributed by atoms with Crippen molar-refractivity contribution in [3.63, 3.8) is 0 Å². The fourth-order valence-corrected chi connectivity index (χ4v) is 3.05. The van der Waals surface area contributed by atoms with Crippen molar-refractivity contribution in [3.05, 3.63) is 35.9 Å². The Labute approximate surface area is 138 Å². The zero-order valence-corrected chi connectivity index (χ0v) is 14.0. The van der Waals surface area contributed by atoms with E-state index in [1.54, 1.807) is 12.0 Å². The van der Waals surface area contributed by atoms with Gasteiger partial charge in [0, 0.05) is 26.6 Å². The lowest BCUT2D eigenvalue weighted by Gasteiger charge is -2.34. The van der Waals surface area contributed by atoms with E-state index >= 15 is 0 Å². The minimum Gasteiger partial charge on any atom is -0.383 e. The van der Waals surface area contributed by atoms with Gasteiger partial charge in [0.2, 0.25) is 11.8 Å². The summed E-state index contributed by atoms with van der Waals surface area (Å²) in [6.07, 6.45) is 2.79. The second kappa shape index (κ2) is 8.11. The first-order chi connectivity index (χ1) is 11.1. The molecule has 1 fully saturated rings. The van der Waals surface area contributed by atoms with Crippen LogP contribution < -0.4 is 5.32 Å². The van der Waals surface area contributed by atoms with Gasteiger partial charge in [-0.2, -0.15) is 0 Å².